The Bertz CT molecular complexity index is 462. The van der Waals surface area contributed by atoms with Crippen LogP contribution in [0.2, 0.25) is 0 Å². The first kappa shape index (κ1) is 15.7. The highest BCUT2D eigenvalue weighted by Crippen LogP contribution is 2.43. The van der Waals surface area contributed by atoms with Crippen LogP contribution in [0.4, 0.5) is 0 Å². The van der Waals surface area contributed by atoms with Crippen molar-refractivity contribution in [1.82, 2.24) is 10.1 Å². The lowest BCUT2D eigenvalue weighted by Crippen LogP contribution is -2.30. The van der Waals surface area contributed by atoms with Crippen LogP contribution in [0.15, 0.2) is 4.52 Å². The Morgan fingerprint density at radius 3 is 2.76 bits per heavy atom. The summed E-state index contributed by atoms with van der Waals surface area (Å²) in [6.45, 7) is 4.58. The van der Waals surface area contributed by atoms with Gasteiger partial charge in [-0.15, -0.1) is 11.8 Å². The first-order valence-electron chi connectivity index (χ1n) is 7.98. The molecule has 2 fully saturated rings. The molecule has 1 aliphatic heterocycles. The van der Waals surface area contributed by atoms with E-state index in [0.29, 0.717) is 21.7 Å². The van der Waals surface area contributed by atoms with Crippen LogP contribution in [0, 0.1) is 5.92 Å². The van der Waals surface area contributed by atoms with Gasteiger partial charge in [0.25, 0.3) is 0 Å². The van der Waals surface area contributed by atoms with Gasteiger partial charge in [0.15, 0.2) is 5.82 Å². The SMILES string of the molecule is CC1SCC(c2noc(CC(N)C3CCCC3)n2)SC1C. The van der Waals surface area contributed by atoms with E-state index in [9.17, 15) is 0 Å². The van der Waals surface area contributed by atoms with Gasteiger partial charge in [-0.05, 0) is 18.8 Å². The maximum absolute atomic E-state index is 6.30. The summed E-state index contributed by atoms with van der Waals surface area (Å²) in [7, 11) is 0. The molecule has 1 aromatic heterocycles. The number of hydrogen-bond acceptors (Lipinski definition) is 6. The zero-order valence-electron chi connectivity index (χ0n) is 12.8. The van der Waals surface area contributed by atoms with E-state index in [-0.39, 0.29) is 6.04 Å². The largest absolute Gasteiger partial charge is 0.339 e. The fourth-order valence-electron chi connectivity index (χ4n) is 3.15. The summed E-state index contributed by atoms with van der Waals surface area (Å²) < 4.78 is 5.45. The van der Waals surface area contributed by atoms with Crippen molar-refractivity contribution in [3.63, 3.8) is 0 Å². The number of nitrogens with zero attached hydrogens (tertiary/aromatic N) is 2. The number of thioether (sulfide) groups is 2. The first-order chi connectivity index (χ1) is 10.1. The van der Waals surface area contributed by atoms with E-state index in [1.165, 1.54) is 25.7 Å². The van der Waals surface area contributed by atoms with E-state index < -0.39 is 0 Å². The summed E-state index contributed by atoms with van der Waals surface area (Å²) in [5.74, 6) is 3.30. The average Bonchev–Trinajstić information content (AvgIpc) is 3.12. The van der Waals surface area contributed by atoms with E-state index >= 15 is 0 Å². The summed E-state index contributed by atoms with van der Waals surface area (Å²) in [4.78, 5) is 4.61. The minimum absolute atomic E-state index is 0.174. The molecule has 4 nitrogen and oxygen atoms in total. The molecular formula is C15H25N3OS2. The van der Waals surface area contributed by atoms with E-state index in [1.807, 2.05) is 23.5 Å². The zero-order valence-corrected chi connectivity index (χ0v) is 14.5. The standard InChI is InChI=1S/C15H25N3OS2/c1-9-10(2)21-13(8-20-9)15-17-14(19-18-15)7-12(16)11-5-3-4-6-11/h9-13H,3-8,16H2,1-2H3. The number of nitrogens with two attached hydrogens (primary N) is 1. The fraction of sp³-hybridized carbons (Fsp3) is 0.867. The molecule has 0 radical (unpaired) electrons. The van der Waals surface area contributed by atoms with Crippen molar-refractivity contribution in [1.29, 1.82) is 0 Å². The van der Waals surface area contributed by atoms with Gasteiger partial charge in [0.1, 0.15) is 0 Å². The average molecular weight is 328 g/mol. The molecular weight excluding hydrogens is 302 g/mol. The third kappa shape index (κ3) is 3.77. The van der Waals surface area contributed by atoms with Crippen LogP contribution in [0.25, 0.3) is 0 Å². The van der Waals surface area contributed by atoms with Crippen LogP contribution >= 0.6 is 23.5 Å². The van der Waals surface area contributed by atoms with Gasteiger partial charge in [0.2, 0.25) is 5.89 Å². The second kappa shape index (κ2) is 6.92. The Kier molecular flexibility index (Phi) is 5.17. The molecule has 6 heteroatoms. The molecule has 2 N–H and O–H groups in total. The Balaban J connectivity index is 1.58. The third-order valence-corrected chi connectivity index (χ3v) is 8.12. The highest BCUT2D eigenvalue weighted by Gasteiger charge is 2.30. The van der Waals surface area contributed by atoms with Crippen molar-refractivity contribution < 1.29 is 4.52 Å². The zero-order chi connectivity index (χ0) is 14.8. The van der Waals surface area contributed by atoms with Crippen molar-refractivity contribution in [2.75, 3.05) is 5.75 Å². The van der Waals surface area contributed by atoms with Gasteiger partial charge in [-0.2, -0.15) is 16.7 Å². The predicted molar refractivity (Wildman–Crippen MR) is 89.6 cm³/mol. The van der Waals surface area contributed by atoms with Crippen LogP contribution in [-0.2, 0) is 6.42 Å². The molecule has 2 aliphatic rings. The molecule has 1 saturated carbocycles. The third-order valence-electron chi connectivity index (χ3n) is 4.74. The van der Waals surface area contributed by atoms with Crippen LogP contribution < -0.4 is 5.73 Å². The first-order valence-corrected chi connectivity index (χ1v) is 9.97. The molecule has 0 aromatic carbocycles. The van der Waals surface area contributed by atoms with Gasteiger partial charge < -0.3 is 10.3 Å². The predicted octanol–water partition coefficient (Wildman–Crippen LogP) is 3.43. The van der Waals surface area contributed by atoms with Crippen LogP contribution in [-0.4, -0.2) is 32.4 Å². The smallest absolute Gasteiger partial charge is 0.228 e. The summed E-state index contributed by atoms with van der Waals surface area (Å²) >= 11 is 3.97. The van der Waals surface area contributed by atoms with E-state index in [0.717, 1.165) is 23.9 Å². The Morgan fingerprint density at radius 2 is 2.05 bits per heavy atom. The van der Waals surface area contributed by atoms with Crippen LogP contribution in [0.5, 0.6) is 0 Å². The maximum Gasteiger partial charge on any atom is 0.228 e. The monoisotopic (exact) mass is 327 g/mol. The van der Waals surface area contributed by atoms with Gasteiger partial charge in [-0.3, -0.25) is 0 Å². The Hall–Kier alpha value is -0.200. The summed E-state index contributed by atoms with van der Waals surface area (Å²) in [6, 6.07) is 0.174. The van der Waals surface area contributed by atoms with E-state index in [4.69, 9.17) is 10.3 Å². The van der Waals surface area contributed by atoms with Crippen molar-refractivity contribution >= 4 is 23.5 Å². The summed E-state index contributed by atoms with van der Waals surface area (Å²) in [6.07, 6.45) is 5.88. The fourth-order valence-corrected chi connectivity index (χ4v) is 5.99. The molecule has 4 unspecified atom stereocenters. The van der Waals surface area contributed by atoms with Crippen molar-refractivity contribution in [2.24, 2.45) is 11.7 Å². The van der Waals surface area contributed by atoms with Crippen LogP contribution in [0.3, 0.4) is 0 Å². The molecule has 1 aliphatic carbocycles. The second-order valence-corrected chi connectivity index (χ2v) is 9.32. The lowest BCUT2D eigenvalue weighted by atomic mass is 9.96. The molecule has 4 atom stereocenters. The van der Waals surface area contributed by atoms with Crippen LogP contribution in [0.1, 0.15) is 56.5 Å². The molecule has 2 heterocycles. The van der Waals surface area contributed by atoms with Gasteiger partial charge in [-0.1, -0.05) is 31.8 Å². The van der Waals surface area contributed by atoms with Crippen molar-refractivity contribution in [3.8, 4) is 0 Å². The quantitative estimate of drug-likeness (QED) is 0.914. The van der Waals surface area contributed by atoms with Gasteiger partial charge >= 0.3 is 0 Å². The number of hydrogen-bond donors (Lipinski definition) is 1. The van der Waals surface area contributed by atoms with E-state index in [1.54, 1.807) is 0 Å². The van der Waals surface area contributed by atoms with Crippen molar-refractivity contribution in [2.45, 2.75) is 67.7 Å². The van der Waals surface area contributed by atoms with Gasteiger partial charge in [-0.25, -0.2) is 0 Å². The van der Waals surface area contributed by atoms with Gasteiger partial charge in [0, 0.05) is 28.7 Å². The summed E-state index contributed by atoms with van der Waals surface area (Å²) in [5, 5.41) is 5.90. The Morgan fingerprint density at radius 1 is 1.29 bits per heavy atom. The van der Waals surface area contributed by atoms with Gasteiger partial charge in [0.05, 0.1) is 5.25 Å². The lowest BCUT2D eigenvalue weighted by molar-refractivity contribution is 0.338. The lowest BCUT2D eigenvalue weighted by Gasteiger charge is -2.29. The highest BCUT2D eigenvalue weighted by molar-refractivity contribution is 8.07. The normalized spacial score (nSPS) is 32.4. The molecule has 3 rings (SSSR count). The van der Waals surface area contributed by atoms with Crippen molar-refractivity contribution in [3.05, 3.63) is 11.7 Å². The molecule has 21 heavy (non-hydrogen) atoms. The van der Waals surface area contributed by atoms with E-state index in [2.05, 4.69) is 24.0 Å². The minimum atomic E-state index is 0.174. The number of rotatable bonds is 4. The second-order valence-electron chi connectivity index (χ2n) is 6.33. The molecule has 1 aromatic rings. The molecule has 0 spiro atoms. The topological polar surface area (TPSA) is 64.9 Å². The number of aromatic nitrogens is 2. The molecule has 0 amide bonds. The summed E-state index contributed by atoms with van der Waals surface area (Å²) in [5.41, 5.74) is 6.30. The molecule has 1 saturated heterocycles. The molecule has 0 bridgehead atoms. The highest BCUT2D eigenvalue weighted by atomic mass is 32.2. The minimum Gasteiger partial charge on any atom is -0.339 e. The Labute approximate surface area is 135 Å². The molecule has 118 valence electrons. The maximum atomic E-state index is 6.30.